The molecule has 1 aliphatic rings. The zero-order valence-corrected chi connectivity index (χ0v) is 19.0. The highest BCUT2D eigenvalue weighted by atomic mass is 19.4. The lowest BCUT2D eigenvalue weighted by Crippen LogP contribution is -2.48. The Morgan fingerprint density at radius 2 is 1.97 bits per heavy atom. The molecule has 0 unspecified atom stereocenters. The Hall–Kier alpha value is -4.12. The third kappa shape index (κ3) is 4.44. The van der Waals surface area contributed by atoms with Crippen LogP contribution in [0.2, 0.25) is 0 Å². The Labute approximate surface area is 203 Å². The maximum absolute atomic E-state index is 13.4. The standard InChI is InChI=1S/C25H20F3N5O3/c1-24(12-36-13-24)33-11-19(18-10-29-14-31-23(18)33)22(35)20-9-17(5-6-30-20)32-21(34)8-15-3-2-4-16(7-15)25(26,27)28/h2-7,9-11,14H,8,12-13H2,1H3,(H,30,32,34). The van der Waals surface area contributed by atoms with Gasteiger partial charge >= 0.3 is 6.18 Å². The summed E-state index contributed by atoms with van der Waals surface area (Å²) in [6, 6.07) is 7.51. The first-order valence-electron chi connectivity index (χ1n) is 11.0. The van der Waals surface area contributed by atoms with Crippen molar-refractivity contribution in [2.75, 3.05) is 18.5 Å². The zero-order chi connectivity index (χ0) is 25.5. The summed E-state index contributed by atoms with van der Waals surface area (Å²) in [7, 11) is 0. The van der Waals surface area contributed by atoms with E-state index in [-0.39, 0.29) is 29.0 Å². The first-order valence-corrected chi connectivity index (χ1v) is 11.0. The minimum Gasteiger partial charge on any atom is -0.376 e. The van der Waals surface area contributed by atoms with Crippen LogP contribution >= 0.6 is 0 Å². The minimum absolute atomic E-state index is 0.0878. The highest BCUT2D eigenvalue weighted by Gasteiger charge is 2.37. The van der Waals surface area contributed by atoms with Crippen molar-refractivity contribution in [1.29, 1.82) is 0 Å². The van der Waals surface area contributed by atoms with E-state index in [0.717, 1.165) is 12.1 Å². The largest absolute Gasteiger partial charge is 0.416 e. The number of pyridine rings is 1. The molecular weight excluding hydrogens is 475 g/mol. The molecule has 1 amide bonds. The molecule has 1 fully saturated rings. The van der Waals surface area contributed by atoms with E-state index >= 15 is 0 Å². The number of rotatable bonds is 6. The molecule has 5 rings (SSSR count). The number of nitrogens with zero attached hydrogens (tertiary/aromatic N) is 4. The topological polar surface area (TPSA) is 99.0 Å². The van der Waals surface area contributed by atoms with Crippen molar-refractivity contribution in [3.63, 3.8) is 0 Å². The van der Waals surface area contributed by atoms with Crippen molar-refractivity contribution >= 4 is 28.4 Å². The van der Waals surface area contributed by atoms with Gasteiger partial charge in [-0.2, -0.15) is 13.2 Å². The highest BCUT2D eigenvalue weighted by molar-refractivity contribution is 6.15. The smallest absolute Gasteiger partial charge is 0.376 e. The number of ketones is 1. The second-order valence-electron chi connectivity index (χ2n) is 8.84. The van der Waals surface area contributed by atoms with Gasteiger partial charge in [0.15, 0.2) is 0 Å². The SMILES string of the molecule is CC1(n2cc(C(=O)c3cc(NC(=O)Cc4cccc(C(F)(F)F)c4)ccn3)c3cncnc32)COC1. The third-order valence-corrected chi connectivity index (χ3v) is 6.02. The number of hydrogen-bond acceptors (Lipinski definition) is 6. The van der Waals surface area contributed by atoms with Crippen molar-refractivity contribution in [2.45, 2.75) is 25.1 Å². The van der Waals surface area contributed by atoms with E-state index in [1.165, 1.54) is 36.8 Å². The molecule has 0 spiro atoms. The van der Waals surface area contributed by atoms with Crippen LogP contribution in [0.1, 0.15) is 34.1 Å². The first kappa shape index (κ1) is 23.6. The fraction of sp³-hybridized carbons (Fsp3) is 0.240. The number of benzene rings is 1. The van der Waals surface area contributed by atoms with Gasteiger partial charge in [-0.1, -0.05) is 18.2 Å². The number of anilines is 1. The zero-order valence-electron chi connectivity index (χ0n) is 19.0. The predicted octanol–water partition coefficient (Wildman–Crippen LogP) is 4.00. The summed E-state index contributed by atoms with van der Waals surface area (Å²) in [5.74, 6) is -0.909. The molecule has 8 nitrogen and oxygen atoms in total. The number of carbonyl (C=O) groups is 2. The Balaban J connectivity index is 1.37. The van der Waals surface area contributed by atoms with Gasteiger partial charge in [0.1, 0.15) is 17.7 Å². The number of amides is 1. The predicted molar refractivity (Wildman–Crippen MR) is 123 cm³/mol. The van der Waals surface area contributed by atoms with E-state index in [1.807, 2.05) is 11.5 Å². The molecule has 3 aromatic heterocycles. The maximum atomic E-state index is 13.4. The lowest BCUT2D eigenvalue weighted by atomic mass is 10.0. The molecule has 1 saturated heterocycles. The Morgan fingerprint density at radius 1 is 1.17 bits per heavy atom. The Morgan fingerprint density at radius 3 is 2.69 bits per heavy atom. The average molecular weight is 495 g/mol. The van der Waals surface area contributed by atoms with Gasteiger partial charge < -0.3 is 14.6 Å². The molecule has 11 heteroatoms. The summed E-state index contributed by atoms with van der Waals surface area (Å²) in [4.78, 5) is 38.4. The summed E-state index contributed by atoms with van der Waals surface area (Å²) >= 11 is 0. The van der Waals surface area contributed by atoms with Gasteiger partial charge in [0.2, 0.25) is 11.7 Å². The van der Waals surface area contributed by atoms with Crippen LogP contribution in [-0.2, 0) is 27.7 Å². The van der Waals surface area contributed by atoms with Crippen molar-refractivity contribution in [2.24, 2.45) is 0 Å². The van der Waals surface area contributed by atoms with E-state index < -0.39 is 17.6 Å². The highest BCUT2D eigenvalue weighted by Crippen LogP contribution is 2.32. The van der Waals surface area contributed by atoms with E-state index in [2.05, 4.69) is 20.3 Å². The van der Waals surface area contributed by atoms with Crippen LogP contribution < -0.4 is 5.32 Å². The van der Waals surface area contributed by atoms with Crippen LogP contribution in [-0.4, -0.2) is 44.4 Å². The fourth-order valence-corrected chi connectivity index (χ4v) is 4.11. The van der Waals surface area contributed by atoms with Crippen LogP contribution in [0.25, 0.3) is 11.0 Å². The molecule has 1 aliphatic heterocycles. The van der Waals surface area contributed by atoms with Gasteiger partial charge in [0.05, 0.1) is 36.3 Å². The van der Waals surface area contributed by atoms with E-state index in [1.54, 1.807) is 12.4 Å². The second kappa shape index (κ2) is 8.83. The van der Waals surface area contributed by atoms with Gasteiger partial charge in [-0.3, -0.25) is 14.6 Å². The molecule has 4 heterocycles. The lowest BCUT2D eigenvalue weighted by Gasteiger charge is -2.39. The summed E-state index contributed by atoms with van der Waals surface area (Å²) in [5.41, 5.74) is 0.402. The van der Waals surface area contributed by atoms with E-state index in [4.69, 9.17) is 4.74 Å². The molecule has 0 saturated carbocycles. The van der Waals surface area contributed by atoms with Gasteiger partial charge in [-0.25, -0.2) is 9.97 Å². The van der Waals surface area contributed by atoms with E-state index in [9.17, 15) is 22.8 Å². The number of alkyl halides is 3. The van der Waals surface area contributed by atoms with Crippen molar-refractivity contribution < 1.29 is 27.5 Å². The molecular formula is C25H20F3N5O3. The van der Waals surface area contributed by atoms with E-state index in [0.29, 0.717) is 35.5 Å². The second-order valence-corrected chi connectivity index (χ2v) is 8.84. The molecule has 0 atom stereocenters. The summed E-state index contributed by atoms with van der Waals surface area (Å²) < 4.78 is 46.1. The van der Waals surface area contributed by atoms with Gasteiger partial charge in [0.25, 0.3) is 0 Å². The van der Waals surface area contributed by atoms with Crippen molar-refractivity contribution in [3.05, 3.63) is 83.7 Å². The van der Waals surface area contributed by atoms with Crippen LogP contribution in [0.5, 0.6) is 0 Å². The van der Waals surface area contributed by atoms with Crippen molar-refractivity contribution in [3.8, 4) is 0 Å². The van der Waals surface area contributed by atoms with Crippen LogP contribution in [0.3, 0.4) is 0 Å². The molecule has 1 aromatic carbocycles. The lowest BCUT2D eigenvalue weighted by molar-refractivity contribution is -0.137. The van der Waals surface area contributed by atoms with Gasteiger partial charge in [-0.15, -0.1) is 0 Å². The Bertz CT molecular complexity index is 1480. The van der Waals surface area contributed by atoms with Gasteiger partial charge in [-0.05, 0) is 30.7 Å². The number of halogens is 3. The third-order valence-electron chi connectivity index (χ3n) is 6.02. The maximum Gasteiger partial charge on any atom is 0.416 e. The molecule has 1 N–H and O–H groups in total. The van der Waals surface area contributed by atoms with Crippen LogP contribution in [0, 0.1) is 0 Å². The average Bonchev–Trinajstić information content (AvgIpc) is 3.22. The summed E-state index contributed by atoms with van der Waals surface area (Å²) in [5, 5.41) is 3.19. The van der Waals surface area contributed by atoms with Crippen LogP contribution in [0.15, 0.2) is 61.3 Å². The molecule has 0 aliphatic carbocycles. The van der Waals surface area contributed by atoms with Crippen molar-refractivity contribution in [1.82, 2.24) is 19.5 Å². The quantitative estimate of drug-likeness (QED) is 0.406. The summed E-state index contributed by atoms with van der Waals surface area (Å²) in [6.07, 6.45) is 1.31. The molecule has 36 heavy (non-hydrogen) atoms. The van der Waals surface area contributed by atoms with Crippen LogP contribution in [0.4, 0.5) is 18.9 Å². The molecule has 0 radical (unpaired) electrons. The fourth-order valence-electron chi connectivity index (χ4n) is 4.11. The Kier molecular flexibility index (Phi) is 5.79. The molecule has 4 aromatic rings. The molecule has 0 bridgehead atoms. The normalized spacial score (nSPS) is 14.9. The number of nitrogens with one attached hydrogen (secondary N) is 1. The number of ether oxygens (including phenoxy) is 1. The monoisotopic (exact) mass is 495 g/mol. The molecule has 184 valence electrons. The number of fused-ring (bicyclic) bond motifs is 1. The number of hydrogen-bond donors (Lipinski definition) is 1. The summed E-state index contributed by atoms with van der Waals surface area (Å²) in [6.45, 7) is 2.98. The first-order chi connectivity index (χ1) is 17.1. The minimum atomic E-state index is -4.50. The number of carbonyl (C=O) groups excluding carboxylic acids is 2. The van der Waals surface area contributed by atoms with Gasteiger partial charge in [0, 0.05) is 29.7 Å². The number of aromatic nitrogens is 4.